The Kier molecular flexibility index (Phi) is 4.90. The summed E-state index contributed by atoms with van der Waals surface area (Å²) in [5.41, 5.74) is 3.25. The van der Waals surface area contributed by atoms with Gasteiger partial charge in [-0.25, -0.2) is 4.98 Å². The maximum atomic E-state index is 12.6. The van der Waals surface area contributed by atoms with Crippen LogP contribution in [0.5, 0.6) is 5.75 Å². The van der Waals surface area contributed by atoms with Gasteiger partial charge in [-0.05, 0) is 31.2 Å². The van der Waals surface area contributed by atoms with Crippen LogP contribution in [0, 0.1) is 6.92 Å². The molecular weight excluding hydrogens is 372 g/mol. The molecule has 4 rings (SSSR count). The molecule has 0 aliphatic heterocycles. The standard InChI is InChI=1S/C21H18N4O2S/c1-14-12-19(23-20(26)16-8-10-17(27-2)11-9-16)25(24-14)21-22-18(13-28-21)15-6-4-3-5-7-15/h3-13H,1-2H3,(H,23,26). The molecule has 1 amide bonds. The van der Waals surface area contributed by atoms with Crippen molar-refractivity contribution in [1.82, 2.24) is 14.8 Å². The lowest BCUT2D eigenvalue weighted by atomic mass is 10.2. The normalized spacial score (nSPS) is 10.6. The number of aromatic nitrogens is 3. The lowest BCUT2D eigenvalue weighted by Gasteiger charge is -2.07. The molecule has 2 heterocycles. The van der Waals surface area contributed by atoms with Crippen molar-refractivity contribution in [2.45, 2.75) is 6.92 Å². The Bertz CT molecular complexity index is 1100. The average molecular weight is 390 g/mol. The number of carbonyl (C=O) groups is 1. The minimum Gasteiger partial charge on any atom is -0.497 e. The molecule has 4 aromatic rings. The van der Waals surface area contributed by atoms with E-state index in [0.717, 1.165) is 17.0 Å². The lowest BCUT2D eigenvalue weighted by molar-refractivity contribution is 0.102. The van der Waals surface area contributed by atoms with Gasteiger partial charge in [-0.1, -0.05) is 30.3 Å². The number of nitrogens with zero attached hydrogens (tertiary/aromatic N) is 3. The highest BCUT2D eigenvalue weighted by Crippen LogP contribution is 2.26. The number of carbonyl (C=O) groups excluding carboxylic acids is 1. The molecule has 0 unspecified atom stereocenters. The number of methoxy groups -OCH3 is 1. The first-order valence-corrected chi connectivity index (χ1v) is 9.55. The van der Waals surface area contributed by atoms with Gasteiger partial charge < -0.3 is 10.1 Å². The van der Waals surface area contributed by atoms with Crippen molar-refractivity contribution in [3.63, 3.8) is 0 Å². The van der Waals surface area contributed by atoms with Gasteiger partial charge >= 0.3 is 0 Å². The molecule has 0 radical (unpaired) electrons. The molecule has 0 aliphatic rings. The number of ether oxygens (including phenoxy) is 1. The van der Waals surface area contributed by atoms with Gasteiger partial charge in [0.05, 0.1) is 18.5 Å². The highest BCUT2D eigenvalue weighted by molar-refractivity contribution is 7.12. The topological polar surface area (TPSA) is 69.0 Å². The third-order valence-corrected chi connectivity index (χ3v) is 4.98. The molecule has 140 valence electrons. The molecule has 0 atom stereocenters. The molecule has 28 heavy (non-hydrogen) atoms. The van der Waals surface area contributed by atoms with Crippen LogP contribution in [0.3, 0.4) is 0 Å². The van der Waals surface area contributed by atoms with Crippen LogP contribution in [-0.4, -0.2) is 27.8 Å². The zero-order chi connectivity index (χ0) is 19.5. The monoisotopic (exact) mass is 390 g/mol. The minimum absolute atomic E-state index is 0.219. The van der Waals surface area contributed by atoms with Gasteiger partial charge in [-0.15, -0.1) is 11.3 Å². The number of amides is 1. The largest absolute Gasteiger partial charge is 0.497 e. The molecule has 0 saturated heterocycles. The van der Waals surface area contributed by atoms with E-state index in [1.807, 2.05) is 48.7 Å². The van der Waals surface area contributed by atoms with Gasteiger partial charge in [0, 0.05) is 22.6 Å². The highest BCUT2D eigenvalue weighted by Gasteiger charge is 2.15. The van der Waals surface area contributed by atoms with Crippen molar-refractivity contribution >= 4 is 23.1 Å². The van der Waals surface area contributed by atoms with Crippen LogP contribution in [0.15, 0.2) is 66.0 Å². The van der Waals surface area contributed by atoms with Crippen molar-refractivity contribution in [2.24, 2.45) is 0 Å². The molecule has 6 nitrogen and oxygen atoms in total. The summed E-state index contributed by atoms with van der Waals surface area (Å²) < 4.78 is 6.79. The Balaban J connectivity index is 1.60. The molecule has 0 spiro atoms. The molecule has 1 N–H and O–H groups in total. The van der Waals surface area contributed by atoms with Crippen molar-refractivity contribution in [3.8, 4) is 22.1 Å². The molecule has 2 aromatic heterocycles. The third kappa shape index (κ3) is 3.65. The van der Waals surface area contributed by atoms with Gasteiger partial charge in [0.25, 0.3) is 5.91 Å². The summed E-state index contributed by atoms with van der Waals surface area (Å²) in [6.07, 6.45) is 0. The summed E-state index contributed by atoms with van der Waals surface area (Å²) in [5, 5.41) is 10.1. The number of hydrogen-bond donors (Lipinski definition) is 1. The van der Waals surface area contributed by atoms with E-state index in [9.17, 15) is 4.79 Å². The van der Waals surface area contributed by atoms with Crippen LogP contribution in [0.2, 0.25) is 0 Å². The zero-order valence-corrected chi connectivity index (χ0v) is 16.2. The van der Waals surface area contributed by atoms with Gasteiger partial charge in [0.1, 0.15) is 11.6 Å². The second-order valence-corrected chi connectivity index (χ2v) is 6.98. The molecule has 0 saturated carbocycles. The Morgan fingerprint density at radius 2 is 1.86 bits per heavy atom. The predicted molar refractivity (Wildman–Crippen MR) is 110 cm³/mol. The lowest BCUT2D eigenvalue weighted by Crippen LogP contribution is -2.15. The quantitative estimate of drug-likeness (QED) is 0.542. The van der Waals surface area contributed by atoms with E-state index in [4.69, 9.17) is 4.74 Å². The van der Waals surface area contributed by atoms with E-state index < -0.39 is 0 Å². The fraction of sp³-hybridized carbons (Fsp3) is 0.0952. The second-order valence-electron chi connectivity index (χ2n) is 6.15. The first-order chi connectivity index (χ1) is 13.6. The van der Waals surface area contributed by atoms with E-state index in [2.05, 4.69) is 15.4 Å². The van der Waals surface area contributed by atoms with Gasteiger partial charge in [0.2, 0.25) is 5.13 Å². The minimum atomic E-state index is -0.219. The zero-order valence-electron chi connectivity index (χ0n) is 15.4. The van der Waals surface area contributed by atoms with Crippen molar-refractivity contribution in [3.05, 3.63) is 77.3 Å². The van der Waals surface area contributed by atoms with Crippen LogP contribution in [0.4, 0.5) is 5.82 Å². The Morgan fingerprint density at radius 3 is 2.57 bits per heavy atom. The third-order valence-electron chi connectivity index (χ3n) is 4.17. The number of hydrogen-bond acceptors (Lipinski definition) is 5. The Morgan fingerprint density at radius 1 is 1.11 bits per heavy atom. The van der Waals surface area contributed by atoms with Crippen LogP contribution in [0.1, 0.15) is 16.1 Å². The first-order valence-electron chi connectivity index (χ1n) is 8.67. The predicted octanol–water partition coefficient (Wildman–Crippen LogP) is 4.57. The van der Waals surface area contributed by atoms with E-state index in [0.29, 0.717) is 22.3 Å². The molecule has 0 aliphatic carbocycles. The Labute approximate surface area is 166 Å². The number of anilines is 1. The summed E-state index contributed by atoms with van der Waals surface area (Å²) >= 11 is 1.47. The van der Waals surface area contributed by atoms with Gasteiger partial charge in [0.15, 0.2) is 0 Å². The molecular formula is C21H18N4O2S. The molecule has 0 fully saturated rings. The Hall–Kier alpha value is -3.45. The summed E-state index contributed by atoms with van der Waals surface area (Å²) in [5.74, 6) is 1.06. The SMILES string of the molecule is COc1ccc(C(=O)Nc2cc(C)nn2-c2nc(-c3ccccc3)cs2)cc1. The summed E-state index contributed by atoms with van der Waals surface area (Å²) in [6, 6.07) is 18.7. The number of benzene rings is 2. The highest BCUT2D eigenvalue weighted by atomic mass is 32.1. The van der Waals surface area contributed by atoms with E-state index >= 15 is 0 Å². The van der Waals surface area contributed by atoms with E-state index in [-0.39, 0.29) is 5.91 Å². The number of thiazole rings is 1. The van der Waals surface area contributed by atoms with Gasteiger partial charge in [-0.3, -0.25) is 4.79 Å². The van der Waals surface area contributed by atoms with Crippen LogP contribution in [-0.2, 0) is 0 Å². The molecule has 0 bridgehead atoms. The van der Waals surface area contributed by atoms with Crippen LogP contribution < -0.4 is 10.1 Å². The number of nitrogens with one attached hydrogen (secondary N) is 1. The second kappa shape index (κ2) is 7.66. The maximum absolute atomic E-state index is 12.6. The fourth-order valence-corrected chi connectivity index (χ4v) is 3.56. The van der Waals surface area contributed by atoms with Crippen LogP contribution in [0.25, 0.3) is 16.4 Å². The molecule has 2 aromatic carbocycles. The summed E-state index contributed by atoms with van der Waals surface area (Å²) in [6.45, 7) is 1.88. The molecule has 7 heteroatoms. The van der Waals surface area contributed by atoms with Crippen molar-refractivity contribution in [2.75, 3.05) is 12.4 Å². The summed E-state index contributed by atoms with van der Waals surface area (Å²) in [7, 11) is 1.59. The van der Waals surface area contributed by atoms with Gasteiger partial charge in [-0.2, -0.15) is 9.78 Å². The maximum Gasteiger partial charge on any atom is 0.256 e. The fourth-order valence-electron chi connectivity index (χ4n) is 2.77. The first kappa shape index (κ1) is 17.9. The van der Waals surface area contributed by atoms with E-state index in [1.165, 1.54) is 11.3 Å². The smallest absolute Gasteiger partial charge is 0.256 e. The van der Waals surface area contributed by atoms with Crippen molar-refractivity contribution < 1.29 is 9.53 Å². The summed E-state index contributed by atoms with van der Waals surface area (Å²) in [4.78, 5) is 17.3. The van der Waals surface area contributed by atoms with Crippen molar-refractivity contribution in [1.29, 1.82) is 0 Å². The number of rotatable bonds is 5. The number of aryl methyl sites for hydroxylation is 1. The van der Waals surface area contributed by atoms with Crippen LogP contribution >= 0.6 is 11.3 Å². The average Bonchev–Trinajstić information content (AvgIpc) is 3.35. The van der Waals surface area contributed by atoms with E-state index in [1.54, 1.807) is 36.1 Å².